The summed E-state index contributed by atoms with van der Waals surface area (Å²) in [6, 6.07) is 5.38. The molecule has 0 unspecified atom stereocenters. The molecule has 0 aliphatic carbocycles. The molecule has 6 heteroatoms. The zero-order chi connectivity index (χ0) is 15.4. The van der Waals surface area contributed by atoms with Crippen LogP contribution in [0, 0.1) is 0 Å². The van der Waals surface area contributed by atoms with Crippen LogP contribution in [0.2, 0.25) is 0 Å². The molecule has 4 N–H and O–H groups in total. The van der Waals surface area contributed by atoms with Gasteiger partial charge in [-0.1, -0.05) is 6.92 Å². The van der Waals surface area contributed by atoms with Gasteiger partial charge in [0.15, 0.2) is 0 Å². The number of carbonyl (C=O) groups excluding carboxylic acids is 2. The van der Waals surface area contributed by atoms with Crippen LogP contribution in [0.5, 0.6) is 0 Å². The molecule has 1 aromatic heterocycles. The van der Waals surface area contributed by atoms with E-state index in [9.17, 15) is 9.59 Å². The Labute approximate surface area is 123 Å². The number of nitrogens with two attached hydrogens (primary N) is 1. The van der Waals surface area contributed by atoms with Crippen LogP contribution in [-0.2, 0) is 4.79 Å². The topological polar surface area (TPSA) is 91.2 Å². The Morgan fingerprint density at radius 1 is 1.38 bits per heavy atom. The monoisotopic (exact) mass is 288 g/mol. The quantitative estimate of drug-likeness (QED) is 0.725. The van der Waals surface area contributed by atoms with E-state index in [2.05, 4.69) is 10.3 Å². The summed E-state index contributed by atoms with van der Waals surface area (Å²) in [7, 11) is 1.56. The molecule has 2 amide bonds. The van der Waals surface area contributed by atoms with Crippen molar-refractivity contribution in [2.75, 3.05) is 25.9 Å². The number of likely N-dealkylation sites (N-methyl/N-ethyl adjacent to an activating group) is 1. The highest BCUT2D eigenvalue weighted by Crippen LogP contribution is 2.22. The molecule has 0 fully saturated rings. The van der Waals surface area contributed by atoms with Gasteiger partial charge in [0.05, 0.1) is 12.1 Å². The maximum Gasteiger partial charge on any atom is 0.256 e. The first-order valence-electron chi connectivity index (χ1n) is 6.93. The number of aromatic nitrogens is 1. The van der Waals surface area contributed by atoms with E-state index in [1.54, 1.807) is 30.3 Å². The van der Waals surface area contributed by atoms with Crippen molar-refractivity contribution in [1.29, 1.82) is 0 Å². The van der Waals surface area contributed by atoms with E-state index < -0.39 is 0 Å². The largest absolute Gasteiger partial charge is 0.399 e. The van der Waals surface area contributed by atoms with Gasteiger partial charge in [0, 0.05) is 36.4 Å². The Bertz CT molecular complexity index is 663. The minimum absolute atomic E-state index is 0.0537. The summed E-state index contributed by atoms with van der Waals surface area (Å²) >= 11 is 0. The Morgan fingerprint density at radius 3 is 2.81 bits per heavy atom. The van der Waals surface area contributed by atoms with Crippen molar-refractivity contribution in [3.8, 4) is 0 Å². The van der Waals surface area contributed by atoms with Gasteiger partial charge in [-0.15, -0.1) is 0 Å². The lowest BCUT2D eigenvalue weighted by Gasteiger charge is -2.20. The lowest BCUT2D eigenvalue weighted by Crippen LogP contribution is -2.40. The summed E-state index contributed by atoms with van der Waals surface area (Å²) in [6.07, 6.45) is 2.45. The van der Waals surface area contributed by atoms with Crippen molar-refractivity contribution in [3.63, 3.8) is 0 Å². The summed E-state index contributed by atoms with van der Waals surface area (Å²) in [4.78, 5) is 28.8. The summed E-state index contributed by atoms with van der Waals surface area (Å²) in [5.74, 6) is -0.353. The Kier molecular flexibility index (Phi) is 4.47. The van der Waals surface area contributed by atoms with E-state index in [4.69, 9.17) is 5.73 Å². The fraction of sp³-hybridized carbons (Fsp3) is 0.333. The van der Waals surface area contributed by atoms with Crippen LogP contribution in [0.25, 0.3) is 10.9 Å². The van der Waals surface area contributed by atoms with E-state index in [0.717, 1.165) is 17.3 Å². The van der Waals surface area contributed by atoms with Gasteiger partial charge in [0.25, 0.3) is 5.91 Å². The van der Waals surface area contributed by atoms with Crippen LogP contribution in [0.3, 0.4) is 0 Å². The van der Waals surface area contributed by atoms with Crippen molar-refractivity contribution < 1.29 is 9.59 Å². The SMILES string of the molecule is CCCN(CC(=O)NC)C(=O)c1c[nH]c2ccc(N)cc12. The zero-order valence-electron chi connectivity index (χ0n) is 12.3. The number of nitrogens with one attached hydrogen (secondary N) is 2. The molecule has 0 bridgehead atoms. The molecule has 0 saturated heterocycles. The minimum atomic E-state index is -0.184. The molecule has 0 radical (unpaired) electrons. The minimum Gasteiger partial charge on any atom is -0.399 e. The number of hydrogen-bond donors (Lipinski definition) is 3. The summed E-state index contributed by atoms with van der Waals surface area (Å²) in [5.41, 5.74) is 7.78. The number of nitrogens with zero attached hydrogens (tertiary/aromatic N) is 1. The predicted octanol–water partition coefficient (Wildman–Crippen LogP) is 1.35. The summed E-state index contributed by atoms with van der Waals surface area (Å²) in [6.45, 7) is 2.55. The number of nitrogen functional groups attached to an aromatic ring is 1. The Morgan fingerprint density at radius 2 is 2.14 bits per heavy atom. The second kappa shape index (κ2) is 6.30. The van der Waals surface area contributed by atoms with Crippen molar-refractivity contribution in [1.82, 2.24) is 15.2 Å². The molecule has 6 nitrogen and oxygen atoms in total. The highest BCUT2D eigenvalue weighted by molar-refractivity contribution is 6.08. The second-order valence-electron chi connectivity index (χ2n) is 4.91. The van der Waals surface area contributed by atoms with Gasteiger partial charge < -0.3 is 20.9 Å². The molecule has 0 aliphatic heterocycles. The zero-order valence-corrected chi connectivity index (χ0v) is 12.3. The third kappa shape index (κ3) is 3.16. The fourth-order valence-electron chi connectivity index (χ4n) is 2.26. The van der Waals surface area contributed by atoms with Crippen molar-refractivity contribution >= 4 is 28.4 Å². The summed E-state index contributed by atoms with van der Waals surface area (Å²) < 4.78 is 0. The van der Waals surface area contributed by atoms with Crippen LogP contribution in [0.4, 0.5) is 5.69 Å². The number of hydrogen-bond acceptors (Lipinski definition) is 3. The van der Waals surface area contributed by atoms with Crippen LogP contribution in [-0.4, -0.2) is 41.8 Å². The lowest BCUT2D eigenvalue weighted by molar-refractivity contribution is -0.121. The number of aromatic amines is 1. The molecule has 0 aliphatic rings. The average molecular weight is 288 g/mol. The molecule has 2 rings (SSSR count). The van der Waals surface area contributed by atoms with E-state index in [1.807, 2.05) is 13.0 Å². The van der Waals surface area contributed by atoms with Gasteiger partial charge in [-0.3, -0.25) is 9.59 Å². The van der Waals surface area contributed by atoms with Gasteiger partial charge in [-0.05, 0) is 24.6 Å². The number of rotatable bonds is 5. The predicted molar refractivity (Wildman–Crippen MR) is 83.0 cm³/mol. The van der Waals surface area contributed by atoms with Crippen molar-refractivity contribution in [2.24, 2.45) is 0 Å². The number of carbonyl (C=O) groups is 2. The summed E-state index contributed by atoms with van der Waals surface area (Å²) in [5, 5.41) is 3.32. The van der Waals surface area contributed by atoms with Crippen LogP contribution in [0.1, 0.15) is 23.7 Å². The molecule has 21 heavy (non-hydrogen) atoms. The van der Waals surface area contributed by atoms with Gasteiger partial charge in [0.1, 0.15) is 0 Å². The third-order valence-corrected chi connectivity index (χ3v) is 3.33. The van der Waals surface area contributed by atoms with E-state index >= 15 is 0 Å². The van der Waals surface area contributed by atoms with Gasteiger partial charge in [-0.2, -0.15) is 0 Å². The van der Waals surface area contributed by atoms with Gasteiger partial charge >= 0.3 is 0 Å². The first-order chi connectivity index (χ1) is 10.1. The Balaban J connectivity index is 2.34. The molecular formula is C15H20N4O2. The first kappa shape index (κ1) is 14.9. The fourth-order valence-corrected chi connectivity index (χ4v) is 2.26. The third-order valence-electron chi connectivity index (χ3n) is 3.33. The van der Waals surface area contributed by atoms with Crippen LogP contribution >= 0.6 is 0 Å². The first-order valence-corrected chi connectivity index (χ1v) is 6.93. The van der Waals surface area contributed by atoms with Gasteiger partial charge in [-0.25, -0.2) is 0 Å². The maximum absolute atomic E-state index is 12.7. The van der Waals surface area contributed by atoms with Gasteiger partial charge in [0.2, 0.25) is 5.91 Å². The molecule has 1 aromatic carbocycles. The molecule has 1 heterocycles. The van der Waals surface area contributed by atoms with Crippen LogP contribution < -0.4 is 11.1 Å². The standard InChI is InChI=1S/C15H20N4O2/c1-3-6-19(9-14(20)17-2)15(21)12-8-18-13-5-4-10(16)7-11(12)13/h4-5,7-8,18H,3,6,9,16H2,1-2H3,(H,17,20). The van der Waals surface area contributed by atoms with Crippen molar-refractivity contribution in [3.05, 3.63) is 30.0 Å². The normalized spacial score (nSPS) is 10.6. The van der Waals surface area contributed by atoms with Crippen molar-refractivity contribution in [2.45, 2.75) is 13.3 Å². The number of fused-ring (bicyclic) bond motifs is 1. The maximum atomic E-state index is 12.7. The van der Waals surface area contributed by atoms with E-state index in [-0.39, 0.29) is 18.4 Å². The molecular weight excluding hydrogens is 268 g/mol. The molecule has 2 aromatic rings. The van der Waals surface area contributed by atoms with E-state index in [0.29, 0.717) is 17.8 Å². The number of H-pyrrole nitrogens is 1. The second-order valence-corrected chi connectivity index (χ2v) is 4.91. The number of amides is 2. The number of anilines is 1. The van der Waals surface area contributed by atoms with Crippen LogP contribution in [0.15, 0.2) is 24.4 Å². The average Bonchev–Trinajstić information content (AvgIpc) is 2.88. The highest BCUT2D eigenvalue weighted by Gasteiger charge is 2.20. The molecule has 112 valence electrons. The highest BCUT2D eigenvalue weighted by atomic mass is 16.2. The van der Waals surface area contributed by atoms with E-state index in [1.165, 1.54) is 0 Å². The molecule has 0 atom stereocenters. The Hall–Kier alpha value is -2.50. The molecule has 0 saturated carbocycles. The lowest BCUT2D eigenvalue weighted by atomic mass is 10.1. The number of benzene rings is 1. The smallest absolute Gasteiger partial charge is 0.256 e. The molecule has 0 spiro atoms.